The summed E-state index contributed by atoms with van der Waals surface area (Å²) in [6.45, 7) is 6.35. The van der Waals surface area contributed by atoms with Gasteiger partial charge < -0.3 is 20.6 Å². The van der Waals surface area contributed by atoms with Gasteiger partial charge in [0.1, 0.15) is 5.82 Å². The van der Waals surface area contributed by atoms with Gasteiger partial charge in [0, 0.05) is 17.8 Å². The van der Waals surface area contributed by atoms with Gasteiger partial charge in [-0.2, -0.15) is 5.10 Å². The number of carboxylic acid groups (broad SMARTS) is 1. The van der Waals surface area contributed by atoms with E-state index in [1.54, 1.807) is 16.8 Å². The van der Waals surface area contributed by atoms with E-state index in [1.807, 2.05) is 20.8 Å². The average molecular weight is 450 g/mol. The van der Waals surface area contributed by atoms with Crippen molar-refractivity contribution in [2.45, 2.75) is 71.0 Å². The molecule has 4 N–H and O–H groups in total. The lowest BCUT2D eigenvalue weighted by Gasteiger charge is -2.16. The summed E-state index contributed by atoms with van der Waals surface area (Å²) in [5.74, 6) is -1.87. The van der Waals surface area contributed by atoms with Crippen LogP contribution in [-0.4, -0.2) is 55.7 Å². The van der Waals surface area contributed by atoms with Gasteiger partial charge in [-0.15, -0.1) is 0 Å². The minimum Gasteiger partial charge on any atom is -0.481 e. The molecule has 0 bridgehead atoms. The number of carboxylic acids is 1. The summed E-state index contributed by atoms with van der Waals surface area (Å²) in [6.07, 6.45) is -1.25. The number of nitrogens with one attached hydrogen (secondary N) is 1. The second kappa shape index (κ2) is 11.7. The fraction of sp³-hybridized carbons (Fsp3) is 0.522. The molecule has 0 radical (unpaired) electrons. The Hall–Kier alpha value is -2.78. The number of amides is 1. The van der Waals surface area contributed by atoms with Crippen molar-refractivity contribution in [2.75, 3.05) is 6.54 Å². The molecule has 32 heavy (non-hydrogen) atoms. The molecule has 0 saturated carbocycles. The van der Waals surface area contributed by atoms with Crippen LogP contribution in [0.15, 0.2) is 24.3 Å². The molecule has 0 spiro atoms. The van der Waals surface area contributed by atoms with Crippen LogP contribution in [0.25, 0.3) is 5.69 Å². The van der Waals surface area contributed by atoms with E-state index in [2.05, 4.69) is 10.4 Å². The second-order valence-electron chi connectivity index (χ2n) is 8.19. The number of carbonyl (C=O) groups excluding carboxylic acids is 1. The fourth-order valence-electron chi connectivity index (χ4n) is 3.62. The maximum absolute atomic E-state index is 13.5. The van der Waals surface area contributed by atoms with Gasteiger partial charge >= 0.3 is 5.97 Å². The normalized spacial score (nSPS) is 13.2. The first-order chi connectivity index (χ1) is 15.1. The molecule has 2 aromatic rings. The zero-order valence-corrected chi connectivity index (χ0v) is 18.7. The topological polar surface area (TPSA) is 125 Å². The van der Waals surface area contributed by atoms with Crippen LogP contribution >= 0.6 is 0 Å². The highest BCUT2D eigenvalue weighted by Crippen LogP contribution is 2.28. The molecule has 0 aliphatic carbocycles. The number of aliphatic carboxylic acids is 1. The summed E-state index contributed by atoms with van der Waals surface area (Å²) >= 11 is 0. The van der Waals surface area contributed by atoms with E-state index in [1.165, 1.54) is 12.1 Å². The summed E-state index contributed by atoms with van der Waals surface area (Å²) in [5, 5.41) is 36.3. The molecule has 1 aromatic carbocycles. The summed E-state index contributed by atoms with van der Waals surface area (Å²) in [5.41, 5.74) is 2.31. The number of aromatic nitrogens is 2. The lowest BCUT2D eigenvalue weighted by molar-refractivity contribution is -0.139. The third kappa shape index (κ3) is 6.86. The maximum atomic E-state index is 13.5. The van der Waals surface area contributed by atoms with Crippen molar-refractivity contribution in [2.24, 2.45) is 0 Å². The SMILES string of the molecule is CCCNC(=O)c1nn(-c2ccc(F)cc2)c(CCC(O)CC(O)CC(=O)O)c1C(C)C. The van der Waals surface area contributed by atoms with Crippen LogP contribution in [0.5, 0.6) is 0 Å². The van der Waals surface area contributed by atoms with Crippen LogP contribution in [0, 0.1) is 5.82 Å². The summed E-state index contributed by atoms with van der Waals surface area (Å²) in [6, 6.07) is 5.75. The van der Waals surface area contributed by atoms with Gasteiger partial charge in [-0.25, -0.2) is 9.07 Å². The number of halogens is 1. The molecular formula is C23H32FN3O5. The number of aliphatic hydroxyl groups excluding tert-OH is 2. The van der Waals surface area contributed by atoms with Gasteiger partial charge in [0.05, 0.1) is 24.3 Å². The van der Waals surface area contributed by atoms with Crippen LogP contribution in [-0.2, 0) is 11.2 Å². The Bertz CT molecular complexity index is 911. The molecule has 1 amide bonds. The van der Waals surface area contributed by atoms with Crippen LogP contribution in [0.4, 0.5) is 4.39 Å². The van der Waals surface area contributed by atoms with E-state index in [4.69, 9.17) is 5.11 Å². The first-order valence-electron chi connectivity index (χ1n) is 10.9. The minimum atomic E-state index is -1.15. The first kappa shape index (κ1) is 25.5. The molecule has 2 unspecified atom stereocenters. The van der Waals surface area contributed by atoms with Crippen molar-refractivity contribution in [1.29, 1.82) is 0 Å². The molecule has 0 aliphatic rings. The third-order valence-corrected chi connectivity index (χ3v) is 5.09. The number of hydrogen-bond donors (Lipinski definition) is 4. The van der Waals surface area contributed by atoms with E-state index in [0.29, 0.717) is 24.3 Å². The number of aliphatic hydroxyl groups is 2. The van der Waals surface area contributed by atoms with Gasteiger partial charge in [-0.1, -0.05) is 20.8 Å². The average Bonchev–Trinajstić information content (AvgIpc) is 3.10. The highest BCUT2D eigenvalue weighted by molar-refractivity contribution is 5.94. The maximum Gasteiger partial charge on any atom is 0.305 e. The van der Waals surface area contributed by atoms with Crippen LogP contribution in [0.1, 0.15) is 74.1 Å². The van der Waals surface area contributed by atoms with Gasteiger partial charge in [0.15, 0.2) is 5.69 Å². The molecule has 2 rings (SSSR count). The standard InChI is InChI=1S/C23H32FN3O5/c1-4-11-25-23(32)22-21(14(2)3)19(10-9-17(28)12-18(29)13-20(30)31)27(26-22)16-7-5-15(24)6-8-16/h5-8,14,17-18,28-29H,4,9-13H2,1-3H3,(H,25,32)(H,30,31). The molecule has 8 nitrogen and oxygen atoms in total. The second-order valence-corrected chi connectivity index (χ2v) is 8.19. The lowest BCUT2D eigenvalue weighted by Crippen LogP contribution is -2.25. The Morgan fingerprint density at radius 1 is 1.16 bits per heavy atom. The Balaban J connectivity index is 2.38. The third-order valence-electron chi connectivity index (χ3n) is 5.09. The molecule has 0 fully saturated rings. The predicted octanol–water partition coefficient (Wildman–Crippen LogP) is 2.79. The Morgan fingerprint density at radius 3 is 2.38 bits per heavy atom. The van der Waals surface area contributed by atoms with Gasteiger partial charge in [0.2, 0.25) is 0 Å². The quantitative estimate of drug-likeness (QED) is 0.395. The summed E-state index contributed by atoms with van der Waals surface area (Å²) in [7, 11) is 0. The fourth-order valence-corrected chi connectivity index (χ4v) is 3.62. The molecule has 9 heteroatoms. The summed E-state index contributed by atoms with van der Waals surface area (Å²) < 4.78 is 15.0. The zero-order chi connectivity index (χ0) is 23.8. The van der Waals surface area contributed by atoms with Crippen LogP contribution in [0.3, 0.4) is 0 Å². The molecule has 1 aromatic heterocycles. The van der Waals surface area contributed by atoms with Crippen LogP contribution < -0.4 is 5.32 Å². The molecule has 1 heterocycles. The summed E-state index contributed by atoms with van der Waals surface area (Å²) in [4.78, 5) is 23.5. The molecule has 0 saturated heterocycles. The smallest absolute Gasteiger partial charge is 0.305 e. The highest BCUT2D eigenvalue weighted by Gasteiger charge is 2.26. The van der Waals surface area contributed by atoms with Crippen molar-refractivity contribution < 1.29 is 29.3 Å². The van der Waals surface area contributed by atoms with E-state index >= 15 is 0 Å². The largest absolute Gasteiger partial charge is 0.481 e. The minimum absolute atomic E-state index is 0.0451. The van der Waals surface area contributed by atoms with Gasteiger partial charge in [0.25, 0.3) is 5.91 Å². The van der Waals surface area contributed by atoms with E-state index in [-0.39, 0.29) is 30.4 Å². The van der Waals surface area contributed by atoms with Gasteiger partial charge in [-0.3, -0.25) is 9.59 Å². The number of carbonyl (C=O) groups is 2. The molecule has 176 valence electrons. The van der Waals surface area contributed by atoms with Crippen molar-refractivity contribution in [3.63, 3.8) is 0 Å². The van der Waals surface area contributed by atoms with Crippen molar-refractivity contribution >= 4 is 11.9 Å². The van der Waals surface area contributed by atoms with Crippen molar-refractivity contribution in [3.8, 4) is 5.69 Å². The highest BCUT2D eigenvalue weighted by atomic mass is 19.1. The lowest BCUT2D eigenvalue weighted by atomic mass is 9.95. The zero-order valence-electron chi connectivity index (χ0n) is 18.7. The predicted molar refractivity (Wildman–Crippen MR) is 117 cm³/mol. The Labute approximate surface area is 187 Å². The van der Waals surface area contributed by atoms with Crippen molar-refractivity contribution in [1.82, 2.24) is 15.1 Å². The molecule has 0 aliphatic heterocycles. The van der Waals surface area contributed by atoms with E-state index in [0.717, 1.165) is 12.0 Å². The number of hydrogen-bond acceptors (Lipinski definition) is 5. The van der Waals surface area contributed by atoms with E-state index in [9.17, 15) is 24.2 Å². The number of benzene rings is 1. The Kier molecular flexibility index (Phi) is 9.34. The van der Waals surface area contributed by atoms with Gasteiger partial charge in [-0.05, 0) is 55.9 Å². The van der Waals surface area contributed by atoms with Crippen LogP contribution in [0.2, 0.25) is 0 Å². The van der Waals surface area contributed by atoms with E-state index < -0.39 is 30.4 Å². The monoisotopic (exact) mass is 449 g/mol. The van der Waals surface area contributed by atoms with Crippen molar-refractivity contribution in [3.05, 3.63) is 47.0 Å². The number of rotatable bonds is 12. The Morgan fingerprint density at radius 2 is 1.81 bits per heavy atom. The molecular weight excluding hydrogens is 417 g/mol. The number of nitrogens with zero attached hydrogens (tertiary/aromatic N) is 2. The first-order valence-corrected chi connectivity index (χ1v) is 10.9. The molecule has 2 atom stereocenters.